The highest BCUT2D eigenvalue weighted by Gasteiger charge is 2.18. The van der Waals surface area contributed by atoms with Crippen molar-refractivity contribution in [3.05, 3.63) is 0 Å². The third-order valence-corrected chi connectivity index (χ3v) is 3.42. The molecule has 7 N–H and O–H groups in total. The van der Waals surface area contributed by atoms with Crippen LogP contribution in [-0.2, 0) is 19.2 Å². The van der Waals surface area contributed by atoms with E-state index < -0.39 is 50.1 Å². The molecule has 0 aliphatic rings. The number of carboxylic acid groups (broad SMARTS) is 4. The molecular formula is C16H31N3O11. The van der Waals surface area contributed by atoms with E-state index in [0.29, 0.717) is 19.6 Å². The van der Waals surface area contributed by atoms with Crippen LogP contribution in [0.25, 0.3) is 0 Å². The number of aliphatic hydroxyl groups excluding tert-OH is 3. The molecule has 30 heavy (non-hydrogen) atoms. The van der Waals surface area contributed by atoms with Crippen molar-refractivity contribution in [1.82, 2.24) is 14.7 Å². The van der Waals surface area contributed by atoms with Crippen LogP contribution in [0.3, 0.4) is 0 Å². The second kappa shape index (κ2) is 18.7. The van der Waals surface area contributed by atoms with Crippen LogP contribution < -0.4 is 0 Å². The van der Waals surface area contributed by atoms with Crippen LogP contribution in [0, 0.1) is 0 Å². The Morgan fingerprint density at radius 3 is 0.833 bits per heavy atom. The summed E-state index contributed by atoms with van der Waals surface area (Å²) in [6.07, 6.45) is 0. The Morgan fingerprint density at radius 1 is 0.433 bits per heavy atom. The monoisotopic (exact) mass is 441 g/mol. The lowest BCUT2D eigenvalue weighted by atomic mass is 10.4. The molecule has 0 heterocycles. The van der Waals surface area contributed by atoms with Crippen molar-refractivity contribution >= 4 is 23.9 Å². The minimum absolute atomic E-state index is 0.0694. The Bertz CT molecular complexity index is 436. The standard InChI is InChI=1S/C10H16N2O8.C6H15NO3/c13-7(14)3-11(4-8(15)16)1-2-12(5-9(17)18)6-10(19)20;8-4-1-7(2-5-9)3-6-10/h1-6H2,(H,13,14)(H,15,16)(H,17,18)(H,19,20);8-10H,1-6H2. The highest BCUT2D eigenvalue weighted by atomic mass is 16.4. The Hall–Kier alpha value is -2.36. The molecule has 0 bridgehead atoms. The summed E-state index contributed by atoms with van der Waals surface area (Å²) in [5.41, 5.74) is 0. The first kappa shape index (κ1) is 29.8. The van der Waals surface area contributed by atoms with Gasteiger partial charge >= 0.3 is 23.9 Å². The zero-order chi connectivity index (χ0) is 23.5. The third-order valence-electron chi connectivity index (χ3n) is 3.42. The van der Waals surface area contributed by atoms with Crippen LogP contribution in [0.4, 0.5) is 0 Å². The number of carbonyl (C=O) groups is 4. The summed E-state index contributed by atoms with van der Waals surface area (Å²) in [4.78, 5) is 46.2. The molecule has 0 unspecified atom stereocenters. The molecule has 14 nitrogen and oxygen atoms in total. The number of rotatable bonds is 17. The van der Waals surface area contributed by atoms with Crippen molar-refractivity contribution in [1.29, 1.82) is 0 Å². The minimum Gasteiger partial charge on any atom is -0.480 e. The largest absolute Gasteiger partial charge is 0.480 e. The predicted molar refractivity (Wildman–Crippen MR) is 101 cm³/mol. The fraction of sp³-hybridized carbons (Fsp3) is 0.750. The minimum atomic E-state index is -1.23. The number of carboxylic acids is 4. The maximum Gasteiger partial charge on any atom is 0.317 e. The van der Waals surface area contributed by atoms with Gasteiger partial charge in [0.2, 0.25) is 0 Å². The van der Waals surface area contributed by atoms with Crippen LogP contribution in [0.15, 0.2) is 0 Å². The average molecular weight is 441 g/mol. The smallest absolute Gasteiger partial charge is 0.317 e. The van der Waals surface area contributed by atoms with Gasteiger partial charge in [-0.2, -0.15) is 0 Å². The van der Waals surface area contributed by atoms with E-state index in [-0.39, 0.29) is 32.9 Å². The first-order valence-corrected chi connectivity index (χ1v) is 8.92. The Morgan fingerprint density at radius 2 is 0.667 bits per heavy atom. The van der Waals surface area contributed by atoms with Gasteiger partial charge in [-0.1, -0.05) is 0 Å². The average Bonchev–Trinajstić information content (AvgIpc) is 2.59. The molecule has 0 amide bonds. The normalized spacial score (nSPS) is 10.7. The van der Waals surface area contributed by atoms with E-state index in [1.807, 2.05) is 0 Å². The van der Waals surface area contributed by atoms with Gasteiger partial charge in [-0.15, -0.1) is 0 Å². The van der Waals surface area contributed by atoms with Crippen molar-refractivity contribution in [2.75, 3.05) is 78.7 Å². The summed E-state index contributed by atoms with van der Waals surface area (Å²) in [6.45, 7) is -0.497. The summed E-state index contributed by atoms with van der Waals surface area (Å²) in [5, 5.41) is 59.9. The molecule has 0 radical (unpaired) electrons. The van der Waals surface area contributed by atoms with Crippen molar-refractivity contribution in [2.24, 2.45) is 0 Å². The fourth-order valence-electron chi connectivity index (χ4n) is 2.24. The van der Waals surface area contributed by atoms with E-state index in [4.69, 9.17) is 35.7 Å². The number of nitrogens with zero attached hydrogens (tertiary/aromatic N) is 3. The second-order valence-electron chi connectivity index (χ2n) is 6.01. The quantitative estimate of drug-likeness (QED) is 0.115. The predicted octanol–water partition coefficient (Wildman–Crippen LogP) is -3.81. The van der Waals surface area contributed by atoms with Crippen LogP contribution in [-0.4, -0.2) is 153 Å². The van der Waals surface area contributed by atoms with E-state index in [1.165, 1.54) is 0 Å². The van der Waals surface area contributed by atoms with Gasteiger partial charge in [0.1, 0.15) is 0 Å². The summed E-state index contributed by atoms with van der Waals surface area (Å²) in [7, 11) is 0. The third kappa shape index (κ3) is 20.4. The first-order valence-electron chi connectivity index (χ1n) is 8.92. The zero-order valence-corrected chi connectivity index (χ0v) is 16.6. The Balaban J connectivity index is 0. The molecule has 0 aromatic carbocycles. The molecule has 0 aromatic heterocycles. The highest BCUT2D eigenvalue weighted by Crippen LogP contribution is 1.94. The molecule has 14 heteroatoms. The van der Waals surface area contributed by atoms with E-state index in [9.17, 15) is 19.2 Å². The second-order valence-corrected chi connectivity index (χ2v) is 6.01. The number of hydrogen-bond acceptors (Lipinski definition) is 10. The summed E-state index contributed by atoms with van der Waals surface area (Å²) >= 11 is 0. The van der Waals surface area contributed by atoms with Crippen LogP contribution in [0.5, 0.6) is 0 Å². The van der Waals surface area contributed by atoms with E-state index in [1.54, 1.807) is 4.90 Å². The van der Waals surface area contributed by atoms with Gasteiger partial charge < -0.3 is 35.7 Å². The molecule has 0 aliphatic heterocycles. The van der Waals surface area contributed by atoms with Crippen LogP contribution >= 0.6 is 0 Å². The lowest BCUT2D eigenvalue weighted by molar-refractivity contribution is -0.145. The highest BCUT2D eigenvalue weighted by molar-refractivity contribution is 5.73. The van der Waals surface area contributed by atoms with Crippen LogP contribution in [0.1, 0.15) is 0 Å². The van der Waals surface area contributed by atoms with E-state index in [0.717, 1.165) is 9.80 Å². The number of aliphatic carboxylic acids is 4. The number of aliphatic hydroxyl groups is 3. The Kier molecular flexibility index (Phi) is 18.6. The fourth-order valence-corrected chi connectivity index (χ4v) is 2.24. The summed E-state index contributed by atoms with van der Waals surface area (Å²) < 4.78 is 0. The SMILES string of the molecule is O=C(O)CN(CCN(CC(=O)O)CC(=O)O)CC(=O)O.OCCN(CCO)CCO. The molecule has 0 aliphatic carbocycles. The van der Waals surface area contributed by atoms with Crippen molar-refractivity contribution in [3.63, 3.8) is 0 Å². The van der Waals surface area contributed by atoms with Gasteiger partial charge in [0.15, 0.2) is 0 Å². The van der Waals surface area contributed by atoms with E-state index in [2.05, 4.69) is 0 Å². The van der Waals surface area contributed by atoms with Gasteiger partial charge in [-0.3, -0.25) is 33.9 Å². The molecular weight excluding hydrogens is 410 g/mol. The molecule has 0 saturated carbocycles. The number of hydrogen-bond donors (Lipinski definition) is 7. The molecule has 176 valence electrons. The van der Waals surface area contributed by atoms with Crippen molar-refractivity contribution < 1.29 is 54.9 Å². The maximum absolute atomic E-state index is 10.6. The first-order chi connectivity index (χ1) is 14.0. The van der Waals surface area contributed by atoms with E-state index >= 15 is 0 Å². The molecule has 0 spiro atoms. The van der Waals surface area contributed by atoms with Gasteiger partial charge in [0.05, 0.1) is 46.0 Å². The van der Waals surface area contributed by atoms with Crippen molar-refractivity contribution in [3.8, 4) is 0 Å². The topological polar surface area (TPSA) is 220 Å². The van der Waals surface area contributed by atoms with Crippen LogP contribution in [0.2, 0.25) is 0 Å². The zero-order valence-electron chi connectivity index (χ0n) is 16.6. The maximum atomic E-state index is 10.6. The van der Waals surface area contributed by atoms with Gasteiger partial charge in [-0.05, 0) is 0 Å². The molecule has 0 rings (SSSR count). The molecule has 0 aromatic rings. The van der Waals surface area contributed by atoms with Gasteiger partial charge in [0, 0.05) is 32.7 Å². The molecule has 0 fully saturated rings. The lowest BCUT2D eigenvalue weighted by Crippen LogP contribution is -2.43. The Labute approximate surface area is 173 Å². The lowest BCUT2D eigenvalue weighted by Gasteiger charge is -2.23. The molecule has 0 saturated heterocycles. The summed E-state index contributed by atoms with van der Waals surface area (Å²) in [5.74, 6) is -4.91. The van der Waals surface area contributed by atoms with Crippen molar-refractivity contribution in [2.45, 2.75) is 0 Å². The van der Waals surface area contributed by atoms with Gasteiger partial charge in [-0.25, -0.2) is 0 Å². The summed E-state index contributed by atoms with van der Waals surface area (Å²) in [6, 6.07) is 0. The van der Waals surface area contributed by atoms with Gasteiger partial charge in [0.25, 0.3) is 0 Å². The molecule has 0 atom stereocenters.